The van der Waals surface area contributed by atoms with Crippen LogP contribution < -0.4 is 29.2 Å². The van der Waals surface area contributed by atoms with Gasteiger partial charge in [0.1, 0.15) is 34.6 Å². The third-order valence-corrected chi connectivity index (χ3v) is 8.72. The maximum atomic E-state index is 12.9. The van der Waals surface area contributed by atoms with E-state index in [1.54, 1.807) is 53.1 Å². The molecule has 12 nitrogen and oxygen atoms in total. The standard InChI is InChI=1S/C37H37N5O7/c1-21-10-11-38-17-29(21)31-12-24-13-34(41-36(43)27-16-28(27)37(44)45)39-18-30(24)35(40-31)42(19-22-6-8-25(46-2)14-32(22)48-4)20-23-7-9-26(47-3)15-33(23)49-5/h6-15,17-18,27-28H,16,19-20H2,1-5H3,(H,44,45)(H,39,41,43). The fourth-order valence-corrected chi connectivity index (χ4v) is 5.87. The van der Waals surface area contributed by atoms with Gasteiger partial charge < -0.3 is 34.3 Å². The van der Waals surface area contributed by atoms with Crippen LogP contribution in [-0.2, 0) is 22.7 Å². The zero-order valence-corrected chi connectivity index (χ0v) is 27.9. The molecule has 2 aromatic carbocycles. The highest BCUT2D eigenvalue weighted by molar-refractivity contribution is 6.00. The zero-order valence-electron chi connectivity index (χ0n) is 27.9. The quantitative estimate of drug-likeness (QED) is 0.155. The average molecular weight is 664 g/mol. The van der Waals surface area contributed by atoms with E-state index in [4.69, 9.17) is 23.9 Å². The highest BCUT2D eigenvalue weighted by Gasteiger charge is 2.48. The first kappa shape index (κ1) is 33.0. The summed E-state index contributed by atoms with van der Waals surface area (Å²) in [6.07, 6.45) is 5.50. The van der Waals surface area contributed by atoms with E-state index in [9.17, 15) is 14.7 Å². The smallest absolute Gasteiger partial charge is 0.307 e. The number of benzene rings is 2. The number of aromatic nitrogens is 3. The number of carboxylic acid groups (broad SMARTS) is 1. The van der Waals surface area contributed by atoms with Gasteiger partial charge in [-0.1, -0.05) is 0 Å². The Morgan fingerprint density at radius 2 is 1.51 bits per heavy atom. The summed E-state index contributed by atoms with van der Waals surface area (Å²) < 4.78 is 22.5. The lowest BCUT2D eigenvalue weighted by Crippen LogP contribution is -2.24. The van der Waals surface area contributed by atoms with Crippen LogP contribution in [0.1, 0.15) is 23.1 Å². The van der Waals surface area contributed by atoms with Crippen LogP contribution in [0, 0.1) is 18.8 Å². The van der Waals surface area contributed by atoms with Crippen molar-refractivity contribution in [3.63, 3.8) is 0 Å². The average Bonchev–Trinajstić information content (AvgIpc) is 3.93. The Morgan fingerprint density at radius 1 is 0.857 bits per heavy atom. The summed E-state index contributed by atoms with van der Waals surface area (Å²) in [4.78, 5) is 40.5. The molecule has 0 radical (unpaired) electrons. The van der Waals surface area contributed by atoms with Crippen molar-refractivity contribution in [3.05, 3.63) is 89.9 Å². The van der Waals surface area contributed by atoms with E-state index in [0.29, 0.717) is 59.8 Å². The van der Waals surface area contributed by atoms with E-state index in [0.717, 1.165) is 33.0 Å². The summed E-state index contributed by atoms with van der Waals surface area (Å²) in [7, 11) is 6.46. The molecule has 1 amide bonds. The van der Waals surface area contributed by atoms with Gasteiger partial charge in [-0.05, 0) is 66.8 Å². The number of fused-ring (bicyclic) bond motifs is 1. The summed E-state index contributed by atoms with van der Waals surface area (Å²) in [6.45, 7) is 2.77. The molecule has 0 aliphatic heterocycles. The molecule has 3 heterocycles. The summed E-state index contributed by atoms with van der Waals surface area (Å²) in [5, 5.41) is 13.6. The second-order valence-electron chi connectivity index (χ2n) is 11.8. The van der Waals surface area contributed by atoms with Gasteiger partial charge in [0, 0.05) is 65.9 Å². The number of aryl methyl sites for hydroxylation is 1. The lowest BCUT2D eigenvalue weighted by molar-refractivity contribution is -0.139. The Labute approximate surface area is 283 Å². The fourth-order valence-electron chi connectivity index (χ4n) is 5.87. The molecule has 0 saturated heterocycles. The summed E-state index contributed by atoms with van der Waals surface area (Å²) in [5.74, 6) is 1.00. The van der Waals surface area contributed by atoms with Gasteiger partial charge in [-0.3, -0.25) is 14.6 Å². The first-order valence-electron chi connectivity index (χ1n) is 15.6. The van der Waals surface area contributed by atoms with Crippen LogP contribution in [0.2, 0.25) is 0 Å². The number of aliphatic carboxylic acids is 1. The predicted molar refractivity (Wildman–Crippen MR) is 184 cm³/mol. The van der Waals surface area contributed by atoms with Crippen LogP contribution in [0.5, 0.6) is 23.0 Å². The highest BCUT2D eigenvalue weighted by Crippen LogP contribution is 2.40. The second kappa shape index (κ2) is 14.1. The number of carbonyl (C=O) groups is 2. The second-order valence-corrected chi connectivity index (χ2v) is 11.8. The molecule has 49 heavy (non-hydrogen) atoms. The third kappa shape index (κ3) is 7.03. The molecule has 2 unspecified atom stereocenters. The molecule has 5 aromatic rings. The minimum absolute atomic E-state index is 0.311. The molecule has 2 N–H and O–H groups in total. The maximum Gasteiger partial charge on any atom is 0.307 e. The molecule has 1 aliphatic carbocycles. The predicted octanol–water partition coefficient (Wildman–Crippen LogP) is 5.90. The number of amides is 1. The lowest BCUT2D eigenvalue weighted by Gasteiger charge is -2.28. The Hall–Kier alpha value is -5.91. The van der Waals surface area contributed by atoms with Crippen LogP contribution in [0.25, 0.3) is 22.0 Å². The van der Waals surface area contributed by atoms with Gasteiger partial charge in [0.2, 0.25) is 5.91 Å². The Bertz CT molecular complexity index is 1980. The van der Waals surface area contributed by atoms with Crippen LogP contribution in [0.15, 0.2) is 73.2 Å². The van der Waals surface area contributed by atoms with Gasteiger partial charge in [-0.15, -0.1) is 0 Å². The van der Waals surface area contributed by atoms with Crippen LogP contribution in [-0.4, -0.2) is 60.4 Å². The van der Waals surface area contributed by atoms with E-state index in [1.165, 1.54) is 0 Å². The van der Waals surface area contributed by atoms with Crippen molar-refractivity contribution in [3.8, 4) is 34.3 Å². The van der Waals surface area contributed by atoms with E-state index >= 15 is 0 Å². The van der Waals surface area contributed by atoms with Gasteiger partial charge in [-0.2, -0.15) is 0 Å². The molecule has 1 saturated carbocycles. The number of carboxylic acids is 1. The van der Waals surface area contributed by atoms with Crippen LogP contribution in [0.4, 0.5) is 11.6 Å². The number of ether oxygens (including phenoxy) is 4. The van der Waals surface area contributed by atoms with E-state index in [-0.39, 0.29) is 5.91 Å². The van der Waals surface area contributed by atoms with Crippen molar-refractivity contribution < 1.29 is 33.6 Å². The number of carbonyl (C=O) groups excluding carboxylic acids is 1. The molecule has 0 spiro atoms. The van der Waals surface area contributed by atoms with Crippen molar-refractivity contribution in [2.75, 3.05) is 38.7 Å². The van der Waals surface area contributed by atoms with Crippen molar-refractivity contribution in [1.82, 2.24) is 15.0 Å². The molecule has 2 atom stereocenters. The number of hydrogen-bond acceptors (Lipinski definition) is 10. The fraction of sp³-hybridized carbons (Fsp3) is 0.270. The molecule has 6 rings (SSSR count). The van der Waals surface area contributed by atoms with Crippen molar-refractivity contribution in [2.45, 2.75) is 26.4 Å². The molecule has 0 bridgehead atoms. The topological polar surface area (TPSA) is 145 Å². The van der Waals surface area contributed by atoms with Gasteiger partial charge >= 0.3 is 5.97 Å². The van der Waals surface area contributed by atoms with E-state index in [1.807, 2.05) is 55.5 Å². The Balaban J connectivity index is 1.50. The number of rotatable bonds is 13. The van der Waals surface area contributed by atoms with Gasteiger partial charge in [0.05, 0.1) is 46.0 Å². The highest BCUT2D eigenvalue weighted by atomic mass is 16.5. The molecule has 252 valence electrons. The van der Waals surface area contributed by atoms with Crippen LogP contribution >= 0.6 is 0 Å². The maximum absolute atomic E-state index is 12.9. The third-order valence-electron chi connectivity index (χ3n) is 8.72. The Kier molecular flexibility index (Phi) is 9.47. The largest absolute Gasteiger partial charge is 0.497 e. The SMILES string of the molecule is COc1ccc(CN(Cc2ccc(OC)cc2OC)c2nc(-c3cnccc3C)cc3cc(NC(=O)C4CC4C(=O)O)ncc23)c(OC)c1. The van der Waals surface area contributed by atoms with Crippen LogP contribution in [0.3, 0.4) is 0 Å². The van der Waals surface area contributed by atoms with Gasteiger partial charge in [-0.25, -0.2) is 9.97 Å². The number of nitrogens with zero attached hydrogens (tertiary/aromatic N) is 4. The lowest BCUT2D eigenvalue weighted by atomic mass is 10.0. The van der Waals surface area contributed by atoms with Crippen molar-refractivity contribution in [2.24, 2.45) is 11.8 Å². The zero-order chi connectivity index (χ0) is 34.7. The molecule has 1 fully saturated rings. The molecule has 1 aliphatic rings. The first-order valence-corrected chi connectivity index (χ1v) is 15.6. The summed E-state index contributed by atoms with van der Waals surface area (Å²) in [6, 6.07) is 17.0. The minimum Gasteiger partial charge on any atom is -0.497 e. The van der Waals surface area contributed by atoms with Gasteiger partial charge in [0.15, 0.2) is 0 Å². The summed E-state index contributed by atoms with van der Waals surface area (Å²) in [5.41, 5.74) is 4.30. The monoisotopic (exact) mass is 663 g/mol. The number of anilines is 2. The first-order chi connectivity index (χ1) is 23.7. The molecular formula is C37H37N5O7. The molecule has 12 heteroatoms. The normalized spacial score (nSPS) is 15.0. The van der Waals surface area contributed by atoms with E-state index < -0.39 is 17.8 Å². The summed E-state index contributed by atoms with van der Waals surface area (Å²) >= 11 is 0. The number of nitrogens with one attached hydrogen (secondary N) is 1. The molecule has 3 aromatic heterocycles. The Morgan fingerprint density at radius 3 is 2.06 bits per heavy atom. The number of pyridine rings is 3. The number of hydrogen-bond donors (Lipinski definition) is 2. The number of methoxy groups -OCH3 is 4. The van der Waals surface area contributed by atoms with Crippen molar-refractivity contribution >= 4 is 34.3 Å². The van der Waals surface area contributed by atoms with Crippen molar-refractivity contribution in [1.29, 1.82) is 0 Å². The van der Waals surface area contributed by atoms with Gasteiger partial charge in [0.25, 0.3) is 0 Å². The minimum atomic E-state index is -0.971. The van der Waals surface area contributed by atoms with E-state index in [2.05, 4.69) is 20.2 Å². The molecular weight excluding hydrogens is 626 g/mol.